The minimum Gasteiger partial charge on any atom is -0.508 e. The number of phenols is 2. The highest BCUT2D eigenvalue weighted by Gasteiger charge is 2.17. The lowest BCUT2D eigenvalue weighted by molar-refractivity contribution is 0.0928. The number of phenolic OH excluding ortho intramolecular Hbond substituents is 2. The van der Waals surface area contributed by atoms with Gasteiger partial charge in [0.15, 0.2) is 0 Å². The van der Waals surface area contributed by atoms with Gasteiger partial charge in [0.05, 0.1) is 5.56 Å². The Morgan fingerprint density at radius 3 is 2.65 bits per heavy atom. The van der Waals surface area contributed by atoms with E-state index < -0.39 is 5.91 Å². The quantitative estimate of drug-likeness (QED) is 0.590. The lowest BCUT2D eigenvalue weighted by atomic mass is 10.1. The van der Waals surface area contributed by atoms with Crippen molar-refractivity contribution in [2.45, 2.75) is 19.9 Å². The fraction of sp³-hybridized carbons (Fsp3) is 0.417. The second-order valence-electron chi connectivity index (χ2n) is 4.10. The first-order valence-electron chi connectivity index (χ1n) is 5.34. The number of benzene rings is 1. The van der Waals surface area contributed by atoms with E-state index in [1.54, 1.807) is 0 Å². The molecule has 2 unspecified atom stereocenters. The molecule has 0 aliphatic heterocycles. The molecule has 5 heteroatoms. The van der Waals surface area contributed by atoms with Crippen LogP contribution in [0.5, 0.6) is 11.5 Å². The van der Waals surface area contributed by atoms with E-state index >= 15 is 0 Å². The number of hydrogen-bond acceptors (Lipinski definition) is 3. The molecule has 1 amide bonds. The van der Waals surface area contributed by atoms with Gasteiger partial charge in [-0.25, -0.2) is 0 Å². The average Bonchev–Trinajstić information content (AvgIpc) is 2.30. The Bertz CT molecular complexity index is 409. The summed E-state index contributed by atoms with van der Waals surface area (Å²) >= 11 is 3.35. The molecule has 0 aromatic heterocycles. The number of alkyl halides is 1. The summed E-state index contributed by atoms with van der Waals surface area (Å²) in [6.45, 7) is 3.89. The standard InChI is InChI=1S/C12H16BrNO3/c1-7(6-13)8(2)14-12(17)10-5-9(15)3-4-11(10)16/h3-5,7-8,15-16H,6H2,1-2H3,(H,14,17). The van der Waals surface area contributed by atoms with E-state index in [0.717, 1.165) is 5.33 Å². The predicted molar refractivity (Wildman–Crippen MR) is 69.7 cm³/mol. The van der Waals surface area contributed by atoms with Crippen LogP contribution in [-0.4, -0.2) is 27.5 Å². The number of nitrogens with one attached hydrogen (secondary N) is 1. The molecule has 0 fully saturated rings. The zero-order chi connectivity index (χ0) is 13.0. The van der Waals surface area contributed by atoms with Gasteiger partial charge < -0.3 is 15.5 Å². The summed E-state index contributed by atoms with van der Waals surface area (Å²) in [6.07, 6.45) is 0. The molecule has 0 spiro atoms. The molecule has 0 saturated carbocycles. The molecular weight excluding hydrogens is 286 g/mol. The van der Waals surface area contributed by atoms with Crippen molar-refractivity contribution in [2.24, 2.45) is 5.92 Å². The summed E-state index contributed by atoms with van der Waals surface area (Å²) < 4.78 is 0. The molecule has 1 rings (SSSR count). The van der Waals surface area contributed by atoms with E-state index in [2.05, 4.69) is 21.2 Å². The molecule has 0 radical (unpaired) electrons. The van der Waals surface area contributed by atoms with Crippen LogP contribution in [0.2, 0.25) is 0 Å². The molecule has 0 saturated heterocycles. The van der Waals surface area contributed by atoms with E-state index in [0.29, 0.717) is 0 Å². The van der Waals surface area contributed by atoms with Crippen molar-refractivity contribution in [3.63, 3.8) is 0 Å². The zero-order valence-corrected chi connectivity index (χ0v) is 11.4. The number of hydrogen-bond donors (Lipinski definition) is 3. The monoisotopic (exact) mass is 301 g/mol. The van der Waals surface area contributed by atoms with E-state index in [-0.39, 0.29) is 29.0 Å². The van der Waals surface area contributed by atoms with Gasteiger partial charge in [-0.3, -0.25) is 4.79 Å². The summed E-state index contributed by atoms with van der Waals surface area (Å²) in [5.74, 6) is -0.301. The van der Waals surface area contributed by atoms with Crippen LogP contribution >= 0.6 is 15.9 Å². The fourth-order valence-electron chi connectivity index (χ4n) is 1.27. The molecular formula is C12H16BrNO3. The third kappa shape index (κ3) is 3.63. The van der Waals surface area contributed by atoms with Crippen LogP contribution in [0.4, 0.5) is 0 Å². The summed E-state index contributed by atoms with van der Waals surface area (Å²) in [5, 5.41) is 22.4. The Kier molecular flexibility index (Phi) is 4.81. The Hall–Kier alpha value is -1.23. The third-order valence-electron chi connectivity index (χ3n) is 2.68. The van der Waals surface area contributed by atoms with Crippen LogP contribution in [0, 0.1) is 5.92 Å². The molecule has 0 aliphatic rings. The summed E-state index contributed by atoms with van der Waals surface area (Å²) in [7, 11) is 0. The van der Waals surface area contributed by atoms with Crippen molar-refractivity contribution in [1.29, 1.82) is 0 Å². The summed E-state index contributed by atoms with van der Waals surface area (Å²) in [5.41, 5.74) is 0.0821. The van der Waals surface area contributed by atoms with Crippen LogP contribution < -0.4 is 5.32 Å². The van der Waals surface area contributed by atoms with Crippen LogP contribution in [0.3, 0.4) is 0 Å². The van der Waals surface area contributed by atoms with Gasteiger partial charge in [0, 0.05) is 11.4 Å². The minimum atomic E-state index is -0.390. The number of halogens is 1. The first kappa shape index (κ1) is 13.8. The van der Waals surface area contributed by atoms with Crippen LogP contribution in [0.1, 0.15) is 24.2 Å². The topological polar surface area (TPSA) is 69.6 Å². The van der Waals surface area contributed by atoms with Gasteiger partial charge in [0.1, 0.15) is 11.5 Å². The van der Waals surface area contributed by atoms with Crippen molar-refractivity contribution in [2.75, 3.05) is 5.33 Å². The number of carbonyl (C=O) groups is 1. The van der Waals surface area contributed by atoms with Gasteiger partial charge in [-0.15, -0.1) is 0 Å². The van der Waals surface area contributed by atoms with E-state index in [1.165, 1.54) is 18.2 Å². The second-order valence-corrected chi connectivity index (χ2v) is 4.74. The Balaban J connectivity index is 2.79. The molecule has 4 nitrogen and oxygen atoms in total. The maximum Gasteiger partial charge on any atom is 0.255 e. The SMILES string of the molecule is CC(CBr)C(C)NC(=O)c1cc(O)ccc1O. The highest BCUT2D eigenvalue weighted by atomic mass is 79.9. The van der Waals surface area contributed by atoms with Gasteiger partial charge in [-0.05, 0) is 31.0 Å². The summed E-state index contributed by atoms with van der Waals surface area (Å²) in [4.78, 5) is 11.9. The number of aromatic hydroxyl groups is 2. The van der Waals surface area contributed by atoms with E-state index in [9.17, 15) is 15.0 Å². The van der Waals surface area contributed by atoms with Crippen molar-refractivity contribution in [1.82, 2.24) is 5.32 Å². The summed E-state index contributed by atoms with van der Waals surface area (Å²) in [6, 6.07) is 3.85. The minimum absolute atomic E-state index is 0.0244. The molecule has 0 aliphatic carbocycles. The first-order chi connectivity index (χ1) is 7.95. The van der Waals surface area contributed by atoms with E-state index in [1.807, 2.05) is 13.8 Å². The second kappa shape index (κ2) is 5.91. The van der Waals surface area contributed by atoms with Crippen molar-refractivity contribution in [3.8, 4) is 11.5 Å². The Morgan fingerprint density at radius 1 is 1.41 bits per heavy atom. The molecule has 1 aromatic carbocycles. The van der Waals surface area contributed by atoms with Crippen LogP contribution in [-0.2, 0) is 0 Å². The molecule has 0 bridgehead atoms. The predicted octanol–water partition coefficient (Wildman–Crippen LogP) is 2.25. The largest absolute Gasteiger partial charge is 0.508 e. The third-order valence-corrected chi connectivity index (χ3v) is 3.70. The molecule has 17 heavy (non-hydrogen) atoms. The van der Waals surface area contributed by atoms with Gasteiger partial charge in [0.2, 0.25) is 0 Å². The maximum absolute atomic E-state index is 11.9. The normalized spacial score (nSPS) is 14.1. The van der Waals surface area contributed by atoms with E-state index in [4.69, 9.17) is 0 Å². The van der Waals surface area contributed by atoms with Gasteiger partial charge in [-0.2, -0.15) is 0 Å². The molecule has 2 atom stereocenters. The average molecular weight is 302 g/mol. The molecule has 94 valence electrons. The molecule has 1 aromatic rings. The smallest absolute Gasteiger partial charge is 0.255 e. The van der Waals surface area contributed by atoms with Crippen molar-refractivity contribution >= 4 is 21.8 Å². The lowest BCUT2D eigenvalue weighted by Gasteiger charge is -2.19. The fourth-order valence-corrected chi connectivity index (χ4v) is 1.83. The number of amides is 1. The zero-order valence-electron chi connectivity index (χ0n) is 9.77. The van der Waals surface area contributed by atoms with Crippen LogP contribution in [0.15, 0.2) is 18.2 Å². The Morgan fingerprint density at radius 2 is 2.06 bits per heavy atom. The van der Waals surface area contributed by atoms with Crippen molar-refractivity contribution < 1.29 is 15.0 Å². The molecule has 0 heterocycles. The van der Waals surface area contributed by atoms with Crippen LogP contribution in [0.25, 0.3) is 0 Å². The number of carbonyl (C=O) groups excluding carboxylic acids is 1. The highest BCUT2D eigenvalue weighted by molar-refractivity contribution is 9.09. The van der Waals surface area contributed by atoms with Gasteiger partial charge >= 0.3 is 0 Å². The van der Waals surface area contributed by atoms with Crippen molar-refractivity contribution in [3.05, 3.63) is 23.8 Å². The first-order valence-corrected chi connectivity index (χ1v) is 6.46. The number of rotatable bonds is 4. The van der Waals surface area contributed by atoms with Gasteiger partial charge in [0.25, 0.3) is 5.91 Å². The molecule has 3 N–H and O–H groups in total. The highest BCUT2D eigenvalue weighted by Crippen LogP contribution is 2.22. The maximum atomic E-state index is 11.9. The van der Waals surface area contributed by atoms with Gasteiger partial charge in [-0.1, -0.05) is 22.9 Å². The lowest BCUT2D eigenvalue weighted by Crippen LogP contribution is -2.37. The Labute approximate surface area is 109 Å².